The molecule has 2 aromatic rings. The molecule has 0 saturated heterocycles. The van der Waals surface area contributed by atoms with E-state index in [9.17, 15) is 8.42 Å². The van der Waals surface area contributed by atoms with E-state index in [1.165, 1.54) is 11.3 Å². The van der Waals surface area contributed by atoms with Gasteiger partial charge in [0.15, 0.2) is 0 Å². The van der Waals surface area contributed by atoms with Gasteiger partial charge in [-0.25, -0.2) is 13.1 Å². The molecule has 0 spiro atoms. The van der Waals surface area contributed by atoms with Crippen molar-refractivity contribution in [3.8, 4) is 0 Å². The Bertz CT molecular complexity index is 673. The lowest BCUT2D eigenvalue weighted by Crippen LogP contribution is -2.24. The average molecular weight is 301 g/mol. The molecule has 2 rings (SSSR count). The van der Waals surface area contributed by atoms with E-state index < -0.39 is 16.6 Å². The second-order valence-corrected chi connectivity index (χ2v) is 6.63. The van der Waals surface area contributed by atoms with Crippen LogP contribution < -0.4 is 4.72 Å². The summed E-state index contributed by atoms with van der Waals surface area (Å²) in [6.45, 7) is 3.35. The maximum Gasteiger partial charge on any atom is 0.244 e. The highest BCUT2D eigenvalue weighted by Gasteiger charge is 2.23. The zero-order valence-electron chi connectivity index (χ0n) is 10.6. The van der Waals surface area contributed by atoms with Crippen LogP contribution in [0.3, 0.4) is 0 Å². The molecule has 0 bridgehead atoms. The van der Waals surface area contributed by atoms with Crippen LogP contribution in [-0.2, 0) is 23.2 Å². The lowest BCUT2D eigenvalue weighted by molar-refractivity contribution is 0.273. The molecule has 8 heteroatoms. The predicted molar refractivity (Wildman–Crippen MR) is 72.3 cm³/mol. The summed E-state index contributed by atoms with van der Waals surface area (Å²) in [5, 5.41) is 19.3. The molecule has 2 aromatic heterocycles. The van der Waals surface area contributed by atoms with Crippen molar-refractivity contribution in [1.82, 2.24) is 14.9 Å². The zero-order valence-corrected chi connectivity index (χ0v) is 12.2. The van der Waals surface area contributed by atoms with E-state index in [1.54, 1.807) is 6.92 Å². The third kappa shape index (κ3) is 2.86. The maximum atomic E-state index is 12.2. The molecule has 0 unspecified atom stereocenters. The van der Waals surface area contributed by atoms with E-state index in [-0.39, 0.29) is 17.1 Å². The van der Waals surface area contributed by atoms with Crippen molar-refractivity contribution in [3.63, 3.8) is 0 Å². The molecule has 0 fully saturated rings. The van der Waals surface area contributed by atoms with Crippen LogP contribution in [0.4, 0.5) is 0 Å². The summed E-state index contributed by atoms with van der Waals surface area (Å²) < 4.78 is 27.0. The number of aromatic amines is 1. The highest BCUT2D eigenvalue weighted by Crippen LogP contribution is 2.19. The summed E-state index contributed by atoms with van der Waals surface area (Å²) in [7, 11) is -3.68. The van der Waals surface area contributed by atoms with Crippen molar-refractivity contribution >= 4 is 21.4 Å². The highest BCUT2D eigenvalue weighted by atomic mass is 32.2. The highest BCUT2D eigenvalue weighted by molar-refractivity contribution is 7.89. The van der Waals surface area contributed by atoms with E-state index in [2.05, 4.69) is 14.9 Å². The largest absolute Gasteiger partial charge is 0.390 e. The molecule has 2 heterocycles. The topological polar surface area (TPSA) is 95.1 Å². The summed E-state index contributed by atoms with van der Waals surface area (Å²) in [5.41, 5.74) is 2.55. The second-order valence-electron chi connectivity index (χ2n) is 4.19. The van der Waals surface area contributed by atoms with Gasteiger partial charge in [-0.1, -0.05) is 0 Å². The van der Waals surface area contributed by atoms with Crippen molar-refractivity contribution < 1.29 is 13.5 Å². The predicted octanol–water partition coefficient (Wildman–Crippen LogP) is 1.06. The number of nitrogens with one attached hydrogen (secondary N) is 2. The first-order valence-corrected chi connectivity index (χ1v) is 8.04. The van der Waals surface area contributed by atoms with Gasteiger partial charge in [0.05, 0.1) is 12.3 Å². The minimum absolute atomic E-state index is 0.0304. The number of sulfonamides is 1. The quantitative estimate of drug-likeness (QED) is 0.769. The SMILES string of the molecule is Cc1cscc1CNS(=O)(=O)c1c(CO)n[nH]c1C. The van der Waals surface area contributed by atoms with Gasteiger partial charge < -0.3 is 5.11 Å². The Balaban J connectivity index is 2.23. The summed E-state index contributed by atoms with van der Waals surface area (Å²) >= 11 is 1.53. The van der Waals surface area contributed by atoms with Gasteiger partial charge in [0.25, 0.3) is 0 Å². The minimum atomic E-state index is -3.68. The van der Waals surface area contributed by atoms with Gasteiger partial charge >= 0.3 is 0 Å². The number of hydrogen-bond donors (Lipinski definition) is 3. The Morgan fingerprint density at radius 3 is 2.74 bits per heavy atom. The molecule has 0 aromatic carbocycles. The fourth-order valence-corrected chi connectivity index (χ4v) is 3.96. The Morgan fingerprint density at radius 1 is 1.42 bits per heavy atom. The Hall–Kier alpha value is -1.22. The molecule has 19 heavy (non-hydrogen) atoms. The first-order chi connectivity index (χ1) is 8.95. The number of aryl methyl sites for hydroxylation is 2. The van der Waals surface area contributed by atoms with Gasteiger partial charge in [-0.3, -0.25) is 5.10 Å². The molecule has 104 valence electrons. The van der Waals surface area contributed by atoms with Gasteiger partial charge in [-0.2, -0.15) is 16.4 Å². The number of nitrogens with zero attached hydrogens (tertiary/aromatic N) is 1. The van der Waals surface area contributed by atoms with Gasteiger partial charge in [0, 0.05) is 6.54 Å². The summed E-state index contributed by atoms with van der Waals surface area (Å²) in [6, 6.07) is 0. The van der Waals surface area contributed by atoms with Crippen molar-refractivity contribution in [1.29, 1.82) is 0 Å². The maximum absolute atomic E-state index is 12.2. The van der Waals surface area contributed by atoms with E-state index in [0.717, 1.165) is 11.1 Å². The third-order valence-electron chi connectivity index (χ3n) is 2.79. The first kappa shape index (κ1) is 14.2. The molecular formula is C11H15N3O3S2. The Labute approximate surface area is 115 Å². The van der Waals surface area contributed by atoms with Crippen molar-refractivity contribution in [2.75, 3.05) is 0 Å². The number of rotatable bonds is 5. The number of aliphatic hydroxyl groups is 1. The van der Waals surface area contributed by atoms with Gasteiger partial charge in [0.2, 0.25) is 10.0 Å². The number of aliphatic hydroxyl groups excluding tert-OH is 1. The molecule has 0 aliphatic heterocycles. The van der Waals surface area contributed by atoms with Crippen LogP contribution in [-0.4, -0.2) is 23.7 Å². The van der Waals surface area contributed by atoms with E-state index >= 15 is 0 Å². The smallest absolute Gasteiger partial charge is 0.244 e. The monoisotopic (exact) mass is 301 g/mol. The van der Waals surface area contributed by atoms with Crippen molar-refractivity contribution in [2.24, 2.45) is 0 Å². The van der Waals surface area contributed by atoms with Crippen LogP contribution in [0.2, 0.25) is 0 Å². The fourth-order valence-electron chi connectivity index (χ4n) is 1.75. The minimum Gasteiger partial charge on any atom is -0.390 e. The Kier molecular flexibility index (Phi) is 4.04. The van der Waals surface area contributed by atoms with Crippen LogP contribution in [0.25, 0.3) is 0 Å². The van der Waals surface area contributed by atoms with Gasteiger partial charge in [0.1, 0.15) is 10.6 Å². The molecule has 0 aliphatic rings. The van der Waals surface area contributed by atoms with Crippen molar-refractivity contribution in [2.45, 2.75) is 31.9 Å². The zero-order chi connectivity index (χ0) is 14.0. The average Bonchev–Trinajstić information content (AvgIpc) is 2.93. The molecular weight excluding hydrogens is 286 g/mol. The van der Waals surface area contributed by atoms with Crippen LogP contribution >= 0.6 is 11.3 Å². The molecule has 0 atom stereocenters. The van der Waals surface area contributed by atoms with E-state index in [1.807, 2.05) is 17.7 Å². The summed E-state index contributed by atoms with van der Waals surface area (Å²) in [5.74, 6) is 0. The molecule has 0 amide bonds. The Morgan fingerprint density at radius 2 is 2.16 bits per heavy atom. The summed E-state index contributed by atoms with van der Waals surface area (Å²) in [6.07, 6.45) is 0. The lowest BCUT2D eigenvalue weighted by Gasteiger charge is -2.07. The second kappa shape index (κ2) is 5.41. The van der Waals surface area contributed by atoms with Crippen LogP contribution in [0, 0.1) is 13.8 Å². The number of hydrogen-bond acceptors (Lipinski definition) is 5. The van der Waals surface area contributed by atoms with Gasteiger partial charge in [-0.15, -0.1) is 0 Å². The van der Waals surface area contributed by atoms with Crippen LogP contribution in [0.15, 0.2) is 15.7 Å². The fraction of sp³-hybridized carbons (Fsp3) is 0.364. The van der Waals surface area contributed by atoms with Crippen molar-refractivity contribution in [3.05, 3.63) is 33.3 Å². The van der Waals surface area contributed by atoms with Crippen LogP contribution in [0.5, 0.6) is 0 Å². The number of H-pyrrole nitrogens is 1. The summed E-state index contributed by atoms with van der Waals surface area (Å²) in [4.78, 5) is 0.0304. The molecule has 0 saturated carbocycles. The van der Waals surface area contributed by atoms with Crippen LogP contribution in [0.1, 0.15) is 22.5 Å². The number of thiophene rings is 1. The number of aromatic nitrogens is 2. The van der Waals surface area contributed by atoms with E-state index in [4.69, 9.17) is 5.11 Å². The molecule has 6 nitrogen and oxygen atoms in total. The molecule has 0 aliphatic carbocycles. The normalized spacial score (nSPS) is 11.9. The first-order valence-electron chi connectivity index (χ1n) is 5.61. The molecule has 0 radical (unpaired) electrons. The molecule has 3 N–H and O–H groups in total. The van der Waals surface area contributed by atoms with Gasteiger partial charge in [-0.05, 0) is 35.7 Å². The lowest BCUT2D eigenvalue weighted by atomic mass is 10.2. The standard InChI is InChI=1S/C11H15N3O3S2/c1-7-5-18-6-9(7)3-12-19(16,17)11-8(2)13-14-10(11)4-15/h5-6,12,15H,3-4H2,1-2H3,(H,13,14). The third-order valence-corrected chi connectivity index (χ3v) is 5.31. The van der Waals surface area contributed by atoms with E-state index in [0.29, 0.717) is 5.69 Å².